The zero-order valence-corrected chi connectivity index (χ0v) is 7.50. The Hall–Kier alpha value is -1.38. The number of hydrogen-bond acceptors (Lipinski definition) is 2. The first kappa shape index (κ1) is 7.28. The van der Waals surface area contributed by atoms with Crippen LogP contribution in [0.2, 0.25) is 0 Å². The van der Waals surface area contributed by atoms with Crippen molar-refractivity contribution >= 4 is 5.65 Å². The van der Waals surface area contributed by atoms with Gasteiger partial charge in [0.2, 0.25) is 0 Å². The average molecular weight is 161 g/mol. The molecule has 2 heterocycles. The summed E-state index contributed by atoms with van der Waals surface area (Å²) >= 11 is 0. The molecule has 62 valence electrons. The molecule has 0 N–H and O–H groups in total. The van der Waals surface area contributed by atoms with E-state index in [1.807, 2.05) is 37.7 Å². The highest BCUT2D eigenvalue weighted by Gasteiger charge is 2.04. The molecule has 0 unspecified atom stereocenters. The maximum Gasteiger partial charge on any atom is 0.158 e. The van der Waals surface area contributed by atoms with Gasteiger partial charge in [-0.1, -0.05) is 0 Å². The molecule has 2 aromatic heterocycles. The van der Waals surface area contributed by atoms with Crippen LogP contribution in [0.5, 0.6) is 0 Å². The lowest BCUT2D eigenvalue weighted by molar-refractivity contribution is 0.907. The van der Waals surface area contributed by atoms with Crippen molar-refractivity contribution in [1.82, 2.24) is 14.6 Å². The number of hydrogen-bond donors (Lipinski definition) is 0. The van der Waals surface area contributed by atoms with Crippen LogP contribution in [0.3, 0.4) is 0 Å². The van der Waals surface area contributed by atoms with Gasteiger partial charge < -0.3 is 0 Å². The van der Waals surface area contributed by atoms with Gasteiger partial charge in [0.25, 0.3) is 0 Å². The Morgan fingerprint density at radius 2 is 2.00 bits per heavy atom. The molecular formula is C9H11N3. The second kappa shape index (κ2) is 2.30. The molecule has 0 aliphatic carbocycles. The van der Waals surface area contributed by atoms with E-state index in [0.717, 1.165) is 22.5 Å². The number of rotatable bonds is 0. The third-order valence-electron chi connectivity index (χ3n) is 2.07. The van der Waals surface area contributed by atoms with Crippen LogP contribution in [0.15, 0.2) is 12.4 Å². The summed E-state index contributed by atoms with van der Waals surface area (Å²) in [4.78, 5) is 4.30. The van der Waals surface area contributed by atoms with E-state index in [1.54, 1.807) is 0 Å². The Morgan fingerprint density at radius 3 is 2.75 bits per heavy atom. The molecule has 0 aromatic carbocycles. The van der Waals surface area contributed by atoms with E-state index in [1.165, 1.54) is 0 Å². The summed E-state index contributed by atoms with van der Waals surface area (Å²) < 4.78 is 1.83. The fourth-order valence-corrected chi connectivity index (χ4v) is 1.25. The molecule has 0 bridgehead atoms. The first-order valence-electron chi connectivity index (χ1n) is 3.96. The Kier molecular flexibility index (Phi) is 1.40. The fourth-order valence-electron chi connectivity index (χ4n) is 1.25. The van der Waals surface area contributed by atoms with Gasteiger partial charge in [-0.25, -0.2) is 9.50 Å². The minimum absolute atomic E-state index is 0.957. The molecule has 2 aromatic rings. The quantitative estimate of drug-likeness (QED) is 0.588. The third kappa shape index (κ3) is 0.897. The molecule has 0 radical (unpaired) electrons. The van der Waals surface area contributed by atoms with Crippen LogP contribution < -0.4 is 0 Å². The van der Waals surface area contributed by atoms with E-state index < -0.39 is 0 Å². The van der Waals surface area contributed by atoms with Crippen molar-refractivity contribution in [2.75, 3.05) is 0 Å². The topological polar surface area (TPSA) is 30.2 Å². The van der Waals surface area contributed by atoms with Crippen LogP contribution in [0.4, 0.5) is 0 Å². The molecule has 0 saturated heterocycles. The summed E-state index contributed by atoms with van der Waals surface area (Å²) in [5, 5.41) is 4.33. The maximum atomic E-state index is 4.33. The van der Waals surface area contributed by atoms with E-state index in [2.05, 4.69) is 10.1 Å². The summed E-state index contributed by atoms with van der Waals surface area (Å²) in [6.07, 6.45) is 3.85. The van der Waals surface area contributed by atoms with E-state index in [4.69, 9.17) is 0 Å². The van der Waals surface area contributed by atoms with Crippen molar-refractivity contribution in [2.24, 2.45) is 0 Å². The molecule has 0 atom stereocenters. The lowest BCUT2D eigenvalue weighted by atomic mass is 10.3. The van der Waals surface area contributed by atoms with Gasteiger partial charge in [-0.3, -0.25) is 0 Å². The molecular weight excluding hydrogens is 150 g/mol. The minimum atomic E-state index is 0.957. The molecule has 3 heteroatoms. The molecule has 0 aliphatic heterocycles. The number of fused-ring (bicyclic) bond motifs is 1. The summed E-state index contributed by atoms with van der Waals surface area (Å²) in [6, 6.07) is 0. The number of aromatic nitrogens is 3. The van der Waals surface area contributed by atoms with Gasteiger partial charge in [-0.15, -0.1) is 0 Å². The zero-order valence-electron chi connectivity index (χ0n) is 7.50. The Bertz CT molecular complexity index is 429. The monoisotopic (exact) mass is 161 g/mol. The second-order valence-corrected chi connectivity index (χ2v) is 3.11. The summed E-state index contributed by atoms with van der Waals surface area (Å²) in [7, 11) is 0. The fraction of sp³-hybridized carbons (Fsp3) is 0.333. The predicted molar refractivity (Wildman–Crippen MR) is 47.2 cm³/mol. The molecule has 0 amide bonds. The lowest BCUT2D eigenvalue weighted by Crippen LogP contribution is -1.90. The summed E-state index contributed by atoms with van der Waals surface area (Å²) in [6.45, 7) is 6.05. The highest BCUT2D eigenvalue weighted by molar-refractivity contribution is 5.48. The van der Waals surface area contributed by atoms with Gasteiger partial charge in [0, 0.05) is 18.0 Å². The molecule has 3 nitrogen and oxygen atoms in total. The van der Waals surface area contributed by atoms with Crippen LogP contribution in [0.1, 0.15) is 16.8 Å². The van der Waals surface area contributed by atoms with Crippen LogP contribution in [-0.2, 0) is 0 Å². The Labute approximate surface area is 71.1 Å². The minimum Gasteiger partial charge on any atom is -0.236 e. The van der Waals surface area contributed by atoms with Crippen molar-refractivity contribution < 1.29 is 0 Å². The SMILES string of the molecule is Cc1cnc2c(C)c(C)nn2c1. The van der Waals surface area contributed by atoms with E-state index in [-0.39, 0.29) is 0 Å². The highest BCUT2D eigenvalue weighted by atomic mass is 15.2. The molecule has 0 saturated carbocycles. The van der Waals surface area contributed by atoms with Gasteiger partial charge in [0.05, 0.1) is 5.69 Å². The number of aryl methyl sites for hydroxylation is 3. The maximum absolute atomic E-state index is 4.33. The van der Waals surface area contributed by atoms with Gasteiger partial charge >= 0.3 is 0 Å². The van der Waals surface area contributed by atoms with Crippen LogP contribution in [0.25, 0.3) is 5.65 Å². The van der Waals surface area contributed by atoms with Crippen LogP contribution in [0, 0.1) is 20.8 Å². The summed E-state index contributed by atoms with van der Waals surface area (Å²) in [5.74, 6) is 0. The van der Waals surface area contributed by atoms with Crippen molar-refractivity contribution in [3.05, 3.63) is 29.2 Å². The predicted octanol–water partition coefficient (Wildman–Crippen LogP) is 1.65. The van der Waals surface area contributed by atoms with Crippen LogP contribution in [-0.4, -0.2) is 14.6 Å². The average Bonchev–Trinajstić information content (AvgIpc) is 2.28. The standard InChI is InChI=1S/C9H11N3/c1-6-4-10-9-7(2)8(3)11-12(9)5-6/h4-5H,1-3H3. The van der Waals surface area contributed by atoms with Gasteiger partial charge in [-0.05, 0) is 26.3 Å². The van der Waals surface area contributed by atoms with Crippen LogP contribution >= 0.6 is 0 Å². The van der Waals surface area contributed by atoms with Gasteiger partial charge in [0.15, 0.2) is 5.65 Å². The van der Waals surface area contributed by atoms with Crippen molar-refractivity contribution in [1.29, 1.82) is 0 Å². The molecule has 2 rings (SSSR count). The van der Waals surface area contributed by atoms with E-state index in [9.17, 15) is 0 Å². The van der Waals surface area contributed by atoms with Crippen molar-refractivity contribution in [3.63, 3.8) is 0 Å². The Morgan fingerprint density at radius 1 is 1.25 bits per heavy atom. The normalized spacial score (nSPS) is 10.9. The largest absolute Gasteiger partial charge is 0.236 e. The first-order chi connectivity index (χ1) is 5.68. The van der Waals surface area contributed by atoms with E-state index in [0.29, 0.717) is 0 Å². The summed E-state index contributed by atoms with van der Waals surface area (Å²) in [5.41, 5.74) is 4.30. The number of nitrogens with zero attached hydrogens (tertiary/aromatic N) is 3. The zero-order chi connectivity index (χ0) is 8.72. The highest BCUT2D eigenvalue weighted by Crippen LogP contribution is 2.10. The van der Waals surface area contributed by atoms with Gasteiger partial charge in [0.1, 0.15) is 0 Å². The smallest absolute Gasteiger partial charge is 0.158 e. The third-order valence-corrected chi connectivity index (χ3v) is 2.07. The second-order valence-electron chi connectivity index (χ2n) is 3.11. The first-order valence-corrected chi connectivity index (χ1v) is 3.96. The van der Waals surface area contributed by atoms with Gasteiger partial charge in [-0.2, -0.15) is 5.10 Å². The van der Waals surface area contributed by atoms with Crippen molar-refractivity contribution in [2.45, 2.75) is 20.8 Å². The molecule has 0 spiro atoms. The molecule has 0 aliphatic rings. The molecule has 12 heavy (non-hydrogen) atoms. The van der Waals surface area contributed by atoms with Crippen molar-refractivity contribution in [3.8, 4) is 0 Å². The van der Waals surface area contributed by atoms with E-state index >= 15 is 0 Å². The lowest BCUT2D eigenvalue weighted by Gasteiger charge is -1.93. The molecule has 0 fully saturated rings. The Balaban J connectivity index is 2.87.